The Kier molecular flexibility index (Phi) is 11.6. The first-order chi connectivity index (χ1) is 24.6. The van der Waals surface area contributed by atoms with Gasteiger partial charge >= 0.3 is 11.9 Å². The van der Waals surface area contributed by atoms with Crippen molar-refractivity contribution in [1.82, 2.24) is 0 Å². The molecule has 52 heavy (non-hydrogen) atoms. The summed E-state index contributed by atoms with van der Waals surface area (Å²) >= 11 is 0. The van der Waals surface area contributed by atoms with E-state index in [9.17, 15) is 60.7 Å². The van der Waals surface area contributed by atoms with Crippen molar-refractivity contribution in [3.05, 3.63) is 35.9 Å². The zero-order valence-electron chi connectivity index (χ0n) is 28.0. The van der Waals surface area contributed by atoms with Crippen LogP contribution in [0.15, 0.2) is 30.3 Å². The number of carbonyl (C=O) groups is 2. The molecule has 19 nitrogen and oxygen atoms in total. The van der Waals surface area contributed by atoms with Gasteiger partial charge in [-0.15, -0.1) is 0 Å². The van der Waals surface area contributed by atoms with E-state index in [2.05, 4.69) is 0 Å². The molecule has 0 unspecified atom stereocenters. The minimum atomic E-state index is -2.33. The number of rotatable bonds is 8. The monoisotopic (exact) mass is 746 g/mol. The topological polar surface area (TPSA) is 301 Å². The summed E-state index contributed by atoms with van der Waals surface area (Å²) in [4.78, 5) is 26.5. The molecule has 5 aliphatic rings. The smallest absolute Gasteiger partial charge is 0.338 e. The Morgan fingerprint density at radius 1 is 0.827 bits per heavy atom. The maximum atomic E-state index is 13.6. The lowest BCUT2D eigenvalue weighted by Crippen LogP contribution is -2.65. The molecule has 0 bridgehead atoms. The van der Waals surface area contributed by atoms with Crippen LogP contribution in [0.1, 0.15) is 36.5 Å². The van der Waals surface area contributed by atoms with Gasteiger partial charge in [0.2, 0.25) is 12.1 Å². The molecule has 292 valence electrons. The standard InChI is InChI=1S/C33H46O19/c1-13-12-46-32(9-16(13)47-27(42)14-5-3-2-4-6-14)31(44)33(45)19(36)7-15(8-20(33)52-32)28(43)51-30-26(24(40)22(38)18(11-35)49-30)50-29-25(41)23(39)21(37)17(10-34)48-29/h2-6,13,15-26,29-31,34-41,44-45H,7-12H2,1H3/t13-,15+,16+,17-,18-,19+,20-,21-,22-,23+,24+,25-,26-,29+,30+,31+,32+,33-/m1/s1. The number of hydrogen-bond acceptors (Lipinski definition) is 19. The van der Waals surface area contributed by atoms with Crippen molar-refractivity contribution in [2.24, 2.45) is 11.8 Å². The second-order valence-electron chi connectivity index (χ2n) is 14.1. The van der Waals surface area contributed by atoms with Crippen molar-refractivity contribution < 1.29 is 93.8 Å². The molecule has 4 heterocycles. The second kappa shape index (κ2) is 15.4. The van der Waals surface area contributed by atoms with Crippen LogP contribution in [0.4, 0.5) is 0 Å². The van der Waals surface area contributed by atoms with Gasteiger partial charge in [-0.3, -0.25) is 4.79 Å². The molecule has 1 aromatic rings. The molecule has 0 aromatic heterocycles. The van der Waals surface area contributed by atoms with Gasteiger partial charge in [0.15, 0.2) is 12.4 Å². The van der Waals surface area contributed by atoms with E-state index < -0.39 is 135 Å². The summed E-state index contributed by atoms with van der Waals surface area (Å²) in [5.41, 5.74) is -2.04. The number of esters is 2. The molecular formula is C33H46O19. The van der Waals surface area contributed by atoms with Crippen LogP contribution in [0.5, 0.6) is 0 Å². The van der Waals surface area contributed by atoms with Crippen LogP contribution in [0, 0.1) is 11.8 Å². The SMILES string of the molecule is C[C@@H]1CO[C@@]2(C[C@@H]1OC(=O)c1ccccc1)O[C@@H]1C[C@@H](C(=O)O[C@@H]3O[C@H](CO)[C@@H](O)[C@H](O)[C@H]3O[C@@H]3O[C@H](CO)[C@@H](O)[C@H](O)[C@H]3O)C[C@H](O)[C@]1(O)[C@H]2O. The number of ether oxygens (including phenoxy) is 7. The van der Waals surface area contributed by atoms with Crippen LogP contribution in [0.25, 0.3) is 0 Å². The van der Waals surface area contributed by atoms with Gasteiger partial charge in [0.1, 0.15) is 60.5 Å². The fourth-order valence-electron chi connectivity index (χ4n) is 7.54. The van der Waals surface area contributed by atoms with Gasteiger partial charge in [-0.2, -0.15) is 0 Å². The summed E-state index contributed by atoms with van der Waals surface area (Å²) in [5.74, 6) is -5.23. The van der Waals surface area contributed by atoms with Crippen molar-refractivity contribution in [3.63, 3.8) is 0 Å². The summed E-state index contributed by atoms with van der Waals surface area (Å²) in [5, 5.41) is 106. The Morgan fingerprint density at radius 3 is 2.12 bits per heavy atom. The molecule has 1 saturated carbocycles. The maximum absolute atomic E-state index is 13.6. The lowest BCUT2D eigenvalue weighted by Gasteiger charge is -2.46. The first-order valence-electron chi connectivity index (χ1n) is 17.1. The molecule has 1 aromatic carbocycles. The van der Waals surface area contributed by atoms with E-state index >= 15 is 0 Å². The summed E-state index contributed by atoms with van der Waals surface area (Å²) < 4.78 is 39.7. The van der Waals surface area contributed by atoms with Crippen molar-refractivity contribution in [3.8, 4) is 0 Å². The van der Waals surface area contributed by atoms with Gasteiger partial charge in [0, 0.05) is 12.3 Å². The molecule has 19 heteroatoms. The highest BCUT2D eigenvalue weighted by molar-refractivity contribution is 5.89. The lowest BCUT2D eigenvalue weighted by atomic mass is 9.71. The quantitative estimate of drug-likeness (QED) is 0.112. The van der Waals surface area contributed by atoms with Crippen LogP contribution >= 0.6 is 0 Å². The number of benzene rings is 1. The highest BCUT2D eigenvalue weighted by atomic mass is 16.8. The van der Waals surface area contributed by atoms with Gasteiger partial charge in [-0.05, 0) is 25.0 Å². The fourth-order valence-corrected chi connectivity index (χ4v) is 7.54. The van der Waals surface area contributed by atoms with Crippen LogP contribution in [-0.2, 0) is 38.0 Å². The number of aliphatic hydroxyl groups is 10. The molecule has 10 N–H and O–H groups in total. The Hall–Kier alpha value is -2.44. The molecule has 4 saturated heterocycles. The highest BCUT2D eigenvalue weighted by Crippen LogP contribution is 2.52. The minimum Gasteiger partial charge on any atom is -0.458 e. The summed E-state index contributed by atoms with van der Waals surface area (Å²) in [6, 6.07) is 8.22. The first kappa shape index (κ1) is 39.3. The number of fused-ring (bicyclic) bond motifs is 1. The Morgan fingerprint density at radius 2 is 1.46 bits per heavy atom. The predicted molar refractivity (Wildman–Crippen MR) is 165 cm³/mol. The normalized spacial score (nSPS) is 47.8. The maximum Gasteiger partial charge on any atom is 0.338 e. The Bertz CT molecular complexity index is 1400. The molecule has 6 rings (SSSR count). The largest absolute Gasteiger partial charge is 0.458 e. The van der Waals surface area contributed by atoms with Crippen molar-refractivity contribution >= 4 is 11.9 Å². The van der Waals surface area contributed by atoms with E-state index in [4.69, 9.17) is 33.2 Å². The number of hydrogen-bond donors (Lipinski definition) is 10. The summed E-state index contributed by atoms with van der Waals surface area (Å²) in [6.45, 7) is 0.0633. The highest BCUT2D eigenvalue weighted by Gasteiger charge is 2.70. The van der Waals surface area contributed by atoms with Crippen molar-refractivity contribution in [1.29, 1.82) is 0 Å². The van der Waals surface area contributed by atoms with Gasteiger partial charge in [-0.25, -0.2) is 4.79 Å². The third-order valence-corrected chi connectivity index (χ3v) is 10.8. The molecule has 0 radical (unpaired) electrons. The van der Waals surface area contributed by atoms with E-state index in [0.29, 0.717) is 5.56 Å². The van der Waals surface area contributed by atoms with Crippen LogP contribution in [-0.4, -0.2) is 180 Å². The van der Waals surface area contributed by atoms with Gasteiger partial charge in [0.05, 0.1) is 43.5 Å². The van der Waals surface area contributed by atoms with E-state index in [1.807, 2.05) is 0 Å². The minimum absolute atomic E-state index is 0.0524. The van der Waals surface area contributed by atoms with Crippen LogP contribution in [0.3, 0.4) is 0 Å². The zero-order valence-corrected chi connectivity index (χ0v) is 28.0. The molecule has 5 fully saturated rings. The average Bonchev–Trinajstić information content (AvgIpc) is 3.35. The van der Waals surface area contributed by atoms with Gasteiger partial charge in [-0.1, -0.05) is 25.1 Å². The first-order valence-corrected chi connectivity index (χ1v) is 17.1. The molecule has 1 spiro atoms. The van der Waals surface area contributed by atoms with E-state index in [-0.39, 0.29) is 25.4 Å². The third-order valence-electron chi connectivity index (χ3n) is 10.8. The van der Waals surface area contributed by atoms with Crippen LogP contribution in [0.2, 0.25) is 0 Å². The Balaban J connectivity index is 1.16. The molecule has 0 amide bonds. The molecule has 1 aliphatic carbocycles. The summed E-state index contributed by atoms with van der Waals surface area (Å²) in [7, 11) is 0. The van der Waals surface area contributed by atoms with Gasteiger partial charge in [0.25, 0.3) is 0 Å². The lowest BCUT2D eigenvalue weighted by molar-refractivity contribution is -0.363. The van der Waals surface area contributed by atoms with Crippen molar-refractivity contribution in [2.45, 2.75) is 123 Å². The number of aliphatic hydroxyl groups excluding tert-OH is 9. The third kappa shape index (κ3) is 6.98. The van der Waals surface area contributed by atoms with E-state index in [1.165, 1.54) is 0 Å². The zero-order chi connectivity index (χ0) is 37.7. The fraction of sp³-hybridized carbons (Fsp3) is 0.758. The van der Waals surface area contributed by atoms with E-state index in [0.717, 1.165) is 0 Å². The summed E-state index contributed by atoms with van der Waals surface area (Å²) in [6.07, 6.45) is -24.7. The second-order valence-corrected chi connectivity index (χ2v) is 14.1. The van der Waals surface area contributed by atoms with E-state index in [1.54, 1.807) is 37.3 Å². The average molecular weight is 747 g/mol. The predicted octanol–water partition coefficient (Wildman–Crippen LogP) is -4.61. The molecule has 4 aliphatic heterocycles. The Labute approximate surface area is 296 Å². The van der Waals surface area contributed by atoms with Crippen LogP contribution < -0.4 is 0 Å². The molecule has 18 atom stereocenters. The number of carbonyl (C=O) groups excluding carboxylic acids is 2. The van der Waals surface area contributed by atoms with Crippen molar-refractivity contribution in [2.75, 3.05) is 19.8 Å². The molecular weight excluding hydrogens is 700 g/mol. The van der Waals surface area contributed by atoms with Gasteiger partial charge < -0.3 is 84.2 Å².